The molecule has 0 spiro atoms. The zero-order valence-electron chi connectivity index (χ0n) is 17.2. The normalized spacial score (nSPS) is 15.3. The highest BCUT2D eigenvalue weighted by atomic mass is 19.4. The summed E-state index contributed by atoms with van der Waals surface area (Å²) in [5, 5.41) is 9.87. The lowest BCUT2D eigenvalue weighted by atomic mass is 9.95. The maximum Gasteiger partial charge on any atom is 0.573 e. The van der Waals surface area contributed by atoms with Gasteiger partial charge in [0.2, 0.25) is 5.95 Å². The van der Waals surface area contributed by atoms with Crippen LogP contribution in [0.15, 0.2) is 30.3 Å². The minimum atomic E-state index is -4.74. The molecule has 0 radical (unpaired) electrons. The first-order valence-electron chi connectivity index (χ1n) is 10.2. The molecule has 1 aromatic heterocycles. The van der Waals surface area contributed by atoms with E-state index in [2.05, 4.69) is 30.7 Å². The summed E-state index contributed by atoms with van der Waals surface area (Å²) in [6.07, 6.45) is -1.36. The molecule has 3 N–H and O–H groups in total. The average Bonchev–Trinajstić information content (AvgIpc) is 2.67. The number of alkyl halides is 3. The molecule has 3 rings (SSSR count). The summed E-state index contributed by atoms with van der Waals surface area (Å²) in [6.45, 7) is 6.83. The van der Waals surface area contributed by atoms with Gasteiger partial charge in [-0.15, -0.1) is 13.2 Å². The van der Waals surface area contributed by atoms with E-state index in [0.717, 1.165) is 26.1 Å². The molecule has 1 saturated heterocycles. The number of aromatic nitrogens is 2. The van der Waals surface area contributed by atoms with Crippen LogP contribution in [-0.4, -0.2) is 42.0 Å². The van der Waals surface area contributed by atoms with Crippen LogP contribution in [0.5, 0.6) is 5.75 Å². The average molecular weight is 423 g/mol. The molecule has 1 aromatic carbocycles. The summed E-state index contributed by atoms with van der Waals surface area (Å²) in [6, 6.07) is 7.67. The van der Waals surface area contributed by atoms with Crippen molar-refractivity contribution >= 4 is 11.8 Å². The summed E-state index contributed by atoms with van der Waals surface area (Å²) in [7, 11) is 0. The van der Waals surface area contributed by atoms with Crippen molar-refractivity contribution in [2.45, 2.75) is 45.5 Å². The Morgan fingerprint density at radius 1 is 1.17 bits per heavy atom. The zero-order chi connectivity index (χ0) is 21.6. The molecular formula is C21H28F3N5O. The highest BCUT2D eigenvalue weighted by molar-refractivity contribution is 5.66. The molecule has 0 atom stereocenters. The van der Waals surface area contributed by atoms with E-state index in [1.54, 1.807) is 12.1 Å². The van der Waals surface area contributed by atoms with Gasteiger partial charge in [-0.2, -0.15) is 4.98 Å². The third-order valence-corrected chi connectivity index (χ3v) is 4.82. The van der Waals surface area contributed by atoms with Crippen LogP contribution in [0.3, 0.4) is 0 Å². The van der Waals surface area contributed by atoms with E-state index < -0.39 is 6.36 Å². The van der Waals surface area contributed by atoms with Crippen molar-refractivity contribution in [3.8, 4) is 17.0 Å². The number of benzene rings is 1. The van der Waals surface area contributed by atoms with Crippen molar-refractivity contribution in [1.29, 1.82) is 0 Å². The first kappa shape index (κ1) is 22.1. The van der Waals surface area contributed by atoms with Crippen LogP contribution in [0.4, 0.5) is 24.9 Å². The van der Waals surface area contributed by atoms with Gasteiger partial charge in [-0.25, -0.2) is 4.98 Å². The molecule has 2 heterocycles. The van der Waals surface area contributed by atoms with Crippen LogP contribution in [0.25, 0.3) is 11.3 Å². The van der Waals surface area contributed by atoms with Crippen LogP contribution in [0.1, 0.15) is 33.1 Å². The second kappa shape index (κ2) is 9.97. The van der Waals surface area contributed by atoms with Crippen molar-refractivity contribution in [2.75, 3.05) is 30.3 Å². The topological polar surface area (TPSA) is 71.1 Å². The van der Waals surface area contributed by atoms with E-state index in [1.807, 2.05) is 13.8 Å². The van der Waals surface area contributed by atoms with E-state index >= 15 is 0 Å². The predicted molar refractivity (Wildman–Crippen MR) is 112 cm³/mol. The van der Waals surface area contributed by atoms with E-state index in [-0.39, 0.29) is 11.8 Å². The quantitative estimate of drug-likeness (QED) is 0.574. The monoisotopic (exact) mass is 423 g/mol. The van der Waals surface area contributed by atoms with E-state index in [0.29, 0.717) is 28.9 Å². The van der Waals surface area contributed by atoms with Gasteiger partial charge in [-0.3, -0.25) is 0 Å². The first-order chi connectivity index (χ1) is 14.3. The molecule has 0 aliphatic carbocycles. The Labute approximate surface area is 174 Å². The smallest absolute Gasteiger partial charge is 0.406 e. The Balaban J connectivity index is 1.77. The van der Waals surface area contributed by atoms with Crippen LogP contribution in [0.2, 0.25) is 0 Å². The van der Waals surface area contributed by atoms with Crippen molar-refractivity contribution in [3.05, 3.63) is 30.3 Å². The van der Waals surface area contributed by atoms with E-state index in [1.165, 1.54) is 31.0 Å². The number of hydrogen-bond acceptors (Lipinski definition) is 6. The van der Waals surface area contributed by atoms with Crippen molar-refractivity contribution in [1.82, 2.24) is 15.3 Å². The van der Waals surface area contributed by atoms with Crippen LogP contribution >= 0.6 is 0 Å². The van der Waals surface area contributed by atoms with Gasteiger partial charge in [0, 0.05) is 24.2 Å². The molecule has 30 heavy (non-hydrogen) atoms. The number of hydrogen-bond donors (Lipinski definition) is 3. The van der Waals surface area contributed by atoms with Gasteiger partial charge in [0.25, 0.3) is 0 Å². The Hall–Kier alpha value is -2.55. The maximum absolute atomic E-state index is 12.6. The van der Waals surface area contributed by atoms with Crippen molar-refractivity contribution < 1.29 is 17.9 Å². The fourth-order valence-corrected chi connectivity index (χ4v) is 3.44. The Morgan fingerprint density at radius 2 is 1.93 bits per heavy atom. The van der Waals surface area contributed by atoms with Crippen LogP contribution in [0, 0.1) is 5.92 Å². The zero-order valence-corrected chi connectivity index (χ0v) is 17.2. The largest absolute Gasteiger partial charge is 0.573 e. The molecule has 1 aliphatic rings. The van der Waals surface area contributed by atoms with Gasteiger partial charge < -0.3 is 20.7 Å². The highest BCUT2D eigenvalue weighted by Gasteiger charge is 2.31. The summed E-state index contributed by atoms with van der Waals surface area (Å²) in [5.41, 5.74) is 1.04. The van der Waals surface area contributed by atoms with Gasteiger partial charge in [-0.05, 0) is 64.3 Å². The second-order valence-electron chi connectivity index (χ2n) is 7.75. The minimum absolute atomic E-state index is 0.114. The molecule has 6 nitrogen and oxygen atoms in total. The lowest BCUT2D eigenvalue weighted by molar-refractivity contribution is -0.274. The highest BCUT2D eigenvalue weighted by Crippen LogP contribution is 2.29. The third-order valence-electron chi connectivity index (χ3n) is 4.82. The summed E-state index contributed by atoms with van der Waals surface area (Å²) in [4.78, 5) is 8.98. The predicted octanol–water partition coefficient (Wildman–Crippen LogP) is 4.66. The Morgan fingerprint density at radius 3 is 2.63 bits per heavy atom. The number of nitrogens with zero attached hydrogens (tertiary/aromatic N) is 2. The second-order valence-corrected chi connectivity index (χ2v) is 7.75. The lowest BCUT2D eigenvalue weighted by Crippen LogP contribution is -2.28. The number of piperidine rings is 1. The summed E-state index contributed by atoms with van der Waals surface area (Å²) in [5.74, 6) is 1.47. The molecule has 164 valence electrons. The van der Waals surface area contributed by atoms with Gasteiger partial charge in [0.1, 0.15) is 11.6 Å². The number of rotatable bonds is 8. The maximum atomic E-state index is 12.6. The minimum Gasteiger partial charge on any atom is -0.406 e. The number of anilines is 2. The van der Waals surface area contributed by atoms with Gasteiger partial charge in [-0.1, -0.05) is 12.1 Å². The SMILES string of the molecule is CC(C)Nc1nc(NCCC2CCNCC2)cc(-c2cccc(OC(F)(F)F)c2)n1. The van der Waals surface area contributed by atoms with E-state index in [9.17, 15) is 13.2 Å². The summed E-state index contributed by atoms with van der Waals surface area (Å²) < 4.78 is 41.7. The first-order valence-corrected chi connectivity index (χ1v) is 10.2. The van der Waals surface area contributed by atoms with E-state index in [4.69, 9.17) is 0 Å². The van der Waals surface area contributed by atoms with Crippen molar-refractivity contribution in [3.63, 3.8) is 0 Å². The summed E-state index contributed by atoms with van der Waals surface area (Å²) >= 11 is 0. The lowest BCUT2D eigenvalue weighted by Gasteiger charge is -2.22. The Bertz CT molecular complexity index is 823. The number of halogens is 3. The standard InChI is InChI=1S/C21H28F3N5O/c1-14(2)27-20-28-18(16-4-3-5-17(12-16)30-21(22,23)24)13-19(29-20)26-11-8-15-6-9-25-10-7-15/h3-5,12-15,25H,6-11H2,1-2H3,(H2,26,27,28,29). The Kier molecular flexibility index (Phi) is 7.36. The molecule has 0 bridgehead atoms. The number of nitrogens with one attached hydrogen (secondary N) is 3. The molecule has 1 fully saturated rings. The molecule has 0 saturated carbocycles. The van der Waals surface area contributed by atoms with Crippen LogP contribution in [-0.2, 0) is 0 Å². The molecule has 0 unspecified atom stereocenters. The van der Waals surface area contributed by atoms with Gasteiger partial charge >= 0.3 is 6.36 Å². The fourth-order valence-electron chi connectivity index (χ4n) is 3.44. The van der Waals surface area contributed by atoms with Crippen molar-refractivity contribution in [2.24, 2.45) is 5.92 Å². The third kappa shape index (κ3) is 7.05. The fraction of sp³-hybridized carbons (Fsp3) is 0.524. The molecule has 9 heteroatoms. The van der Waals surface area contributed by atoms with Gasteiger partial charge in [0.05, 0.1) is 5.69 Å². The van der Waals surface area contributed by atoms with Crippen LogP contribution < -0.4 is 20.7 Å². The molecule has 2 aromatic rings. The molecule has 1 aliphatic heterocycles. The van der Waals surface area contributed by atoms with Gasteiger partial charge in [0.15, 0.2) is 0 Å². The molecule has 0 amide bonds. The number of ether oxygens (including phenoxy) is 1. The molecular weight excluding hydrogens is 395 g/mol.